The summed E-state index contributed by atoms with van der Waals surface area (Å²) in [4.78, 5) is 0. The molecular formula is C16H30. The summed E-state index contributed by atoms with van der Waals surface area (Å²) in [5, 5.41) is 0. The van der Waals surface area contributed by atoms with Crippen LogP contribution in [0.5, 0.6) is 0 Å². The van der Waals surface area contributed by atoms with Gasteiger partial charge >= 0.3 is 0 Å². The van der Waals surface area contributed by atoms with Gasteiger partial charge < -0.3 is 0 Å². The van der Waals surface area contributed by atoms with Gasteiger partial charge in [0.05, 0.1) is 0 Å². The highest BCUT2D eigenvalue weighted by atomic mass is 14.2. The van der Waals surface area contributed by atoms with E-state index in [9.17, 15) is 0 Å². The molecule has 94 valence electrons. The van der Waals surface area contributed by atoms with Crippen molar-refractivity contribution in [3.63, 3.8) is 0 Å². The van der Waals surface area contributed by atoms with Gasteiger partial charge in [0.15, 0.2) is 0 Å². The molecule has 1 unspecified atom stereocenters. The van der Waals surface area contributed by atoms with Crippen LogP contribution in [0.1, 0.15) is 77.0 Å². The fraction of sp³-hybridized carbons (Fsp3) is 0.875. The third kappa shape index (κ3) is 5.92. The Balaban J connectivity index is 1.94. The molecule has 0 nitrogen and oxygen atoms in total. The van der Waals surface area contributed by atoms with E-state index in [4.69, 9.17) is 0 Å². The van der Waals surface area contributed by atoms with Crippen molar-refractivity contribution in [1.82, 2.24) is 0 Å². The highest BCUT2D eigenvalue weighted by Crippen LogP contribution is 2.32. The zero-order valence-corrected chi connectivity index (χ0v) is 11.1. The number of hydrogen-bond acceptors (Lipinski definition) is 0. The maximum absolute atomic E-state index is 4.39. The first-order chi connectivity index (χ1) is 7.84. The molecule has 0 aromatic heterocycles. The van der Waals surface area contributed by atoms with E-state index in [-0.39, 0.29) is 0 Å². The first-order valence-corrected chi connectivity index (χ1v) is 7.47. The minimum absolute atomic E-state index is 0.744. The normalized spacial score (nSPS) is 19.9. The summed E-state index contributed by atoms with van der Waals surface area (Å²) >= 11 is 0. The van der Waals surface area contributed by atoms with Crippen molar-refractivity contribution in [3.05, 3.63) is 13.8 Å². The Bertz CT molecular complexity index is 144. The van der Waals surface area contributed by atoms with Crippen molar-refractivity contribution < 1.29 is 0 Å². The van der Waals surface area contributed by atoms with Gasteiger partial charge in [-0.05, 0) is 18.8 Å². The molecule has 1 aliphatic carbocycles. The zero-order chi connectivity index (χ0) is 11.6. The van der Waals surface area contributed by atoms with Crippen LogP contribution in [0.2, 0.25) is 0 Å². The van der Waals surface area contributed by atoms with Crippen molar-refractivity contribution in [2.24, 2.45) is 11.8 Å². The third-order valence-corrected chi connectivity index (χ3v) is 4.14. The second kappa shape index (κ2) is 9.07. The average molecular weight is 222 g/mol. The van der Waals surface area contributed by atoms with Crippen molar-refractivity contribution in [2.45, 2.75) is 77.0 Å². The molecule has 0 saturated heterocycles. The minimum Gasteiger partial charge on any atom is -0.0533 e. The maximum atomic E-state index is 4.39. The van der Waals surface area contributed by atoms with Crippen LogP contribution in [-0.2, 0) is 0 Å². The second-order valence-electron chi connectivity index (χ2n) is 5.57. The van der Waals surface area contributed by atoms with Crippen LogP contribution in [-0.4, -0.2) is 0 Å². The Kier molecular flexibility index (Phi) is 7.98. The van der Waals surface area contributed by atoms with Crippen LogP contribution >= 0.6 is 0 Å². The lowest BCUT2D eigenvalue weighted by Gasteiger charge is -2.27. The molecule has 16 heavy (non-hydrogen) atoms. The summed E-state index contributed by atoms with van der Waals surface area (Å²) in [6.45, 7) is 8.27. The van der Waals surface area contributed by atoms with Gasteiger partial charge in [0, 0.05) is 0 Å². The third-order valence-electron chi connectivity index (χ3n) is 4.14. The SMILES string of the molecule is [CH2]CCCCCCCC([CH2])C1CCCCC1. The average Bonchev–Trinajstić information content (AvgIpc) is 2.34. The molecule has 0 spiro atoms. The molecule has 1 atom stereocenters. The van der Waals surface area contributed by atoms with Crippen LogP contribution < -0.4 is 0 Å². The molecule has 1 saturated carbocycles. The zero-order valence-electron chi connectivity index (χ0n) is 11.1. The molecular weight excluding hydrogens is 192 g/mol. The highest BCUT2D eigenvalue weighted by molar-refractivity contribution is 4.75. The molecule has 1 rings (SSSR count). The predicted molar refractivity (Wildman–Crippen MR) is 73.1 cm³/mol. The van der Waals surface area contributed by atoms with E-state index in [2.05, 4.69) is 13.8 Å². The molecule has 0 aliphatic heterocycles. The Hall–Kier alpha value is 0. The molecule has 0 amide bonds. The van der Waals surface area contributed by atoms with Crippen LogP contribution in [0.4, 0.5) is 0 Å². The van der Waals surface area contributed by atoms with Crippen molar-refractivity contribution >= 4 is 0 Å². The quantitative estimate of drug-likeness (QED) is 0.470. The van der Waals surface area contributed by atoms with Crippen LogP contribution in [0.3, 0.4) is 0 Å². The largest absolute Gasteiger partial charge is 0.0533 e. The summed E-state index contributed by atoms with van der Waals surface area (Å²) < 4.78 is 0. The summed E-state index contributed by atoms with van der Waals surface area (Å²) in [6, 6.07) is 0. The number of unbranched alkanes of at least 4 members (excludes halogenated alkanes) is 5. The highest BCUT2D eigenvalue weighted by Gasteiger charge is 2.19. The van der Waals surface area contributed by atoms with E-state index in [1.54, 1.807) is 0 Å². The maximum Gasteiger partial charge on any atom is -0.0386 e. The Morgan fingerprint density at radius 1 is 0.875 bits per heavy atom. The second-order valence-corrected chi connectivity index (χ2v) is 5.57. The molecule has 0 N–H and O–H groups in total. The van der Waals surface area contributed by atoms with E-state index in [0.717, 1.165) is 18.3 Å². The molecule has 2 radical (unpaired) electrons. The lowest BCUT2D eigenvalue weighted by Crippen LogP contribution is -2.15. The molecule has 0 bridgehead atoms. The molecule has 1 aliphatic rings. The van der Waals surface area contributed by atoms with Crippen LogP contribution in [0.15, 0.2) is 0 Å². The van der Waals surface area contributed by atoms with Gasteiger partial charge in [-0.2, -0.15) is 0 Å². The monoisotopic (exact) mass is 222 g/mol. The molecule has 1 fully saturated rings. The summed E-state index contributed by atoms with van der Waals surface area (Å²) in [7, 11) is 0. The Morgan fingerprint density at radius 3 is 2.19 bits per heavy atom. The lowest BCUT2D eigenvalue weighted by molar-refractivity contribution is 0.268. The standard InChI is InChI=1S/C16H30/c1-3-4-5-6-7-9-12-15(2)16-13-10-8-11-14-16/h15-16H,1-14H2. The topological polar surface area (TPSA) is 0 Å². The Morgan fingerprint density at radius 2 is 1.50 bits per heavy atom. The molecule has 0 heterocycles. The molecule has 0 aromatic carbocycles. The van der Waals surface area contributed by atoms with Gasteiger partial charge in [-0.25, -0.2) is 0 Å². The fourth-order valence-electron chi connectivity index (χ4n) is 2.95. The van der Waals surface area contributed by atoms with E-state index in [1.165, 1.54) is 70.6 Å². The van der Waals surface area contributed by atoms with E-state index >= 15 is 0 Å². The Labute approximate surface area is 103 Å². The van der Waals surface area contributed by atoms with Gasteiger partial charge in [-0.1, -0.05) is 84.0 Å². The summed E-state index contributed by atoms with van der Waals surface area (Å²) in [5.41, 5.74) is 0. The van der Waals surface area contributed by atoms with Crippen molar-refractivity contribution in [1.29, 1.82) is 0 Å². The van der Waals surface area contributed by atoms with Crippen LogP contribution in [0, 0.1) is 25.7 Å². The van der Waals surface area contributed by atoms with Crippen molar-refractivity contribution in [2.75, 3.05) is 0 Å². The summed E-state index contributed by atoms with van der Waals surface area (Å²) in [5.74, 6) is 1.70. The van der Waals surface area contributed by atoms with Gasteiger partial charge in [-0.3, -0.25) is 0 Å². The van der Waals surface area contributed by atoms with Gasteiger partial charge in [0.1, 0.15) is 0 Å². The number of rotatable bonds is 8. The van der Waals surface area contributed by atoms with Gasteiger partial charge in [0.2, 0.25) is 0 Å². The van der Waals surface area contributed by atoms with E-state index < -0.39 is 0 Å². The minimum atomic E-state index is 0.744. The molecule has 0 heteroatoms. The predicted octanol–water partition coefficient (Wildman–Crippen LogP) is 5.58. The van der Waals surface area contributed by atoms with Crippen molar-refractivity contribution in [3.8, 4) is 0 Å². The fourth-order valence-corrected chi connectivity index (χ4v) is 2.95. The van der Waals surface area contributed by atoms with E-state index in [1.807, 2.05) is 0 Å². The van der Waals surface area contributed by atoms with Gasteiger partial charge in [0.25, 0.3) is 0 Å². The van der Waals surface area contributed by atoms with E-state index in [0.29, 0.717) is 0 Å². The van der Waals surface area contributed by atoms with Gasteiger partial charge in [-0.15, -0.1) is 0 Å². The first kappa shape index (κ1) is 14.1. The smallest absolute Gasteiger partial charge is 0.0386 e. The summed E-state index contributed by atoms with van der Waals surface area (Å²) in [6.07, 6.45) is 16.7. The first-order valence-electron chi connectivity index (χ1n) is 7.47. The molecule has 0 aromatic rings. The number of hydrogen-bond donors (Lipinski definition) is 0. The van der Waals surface area contributed by atoms with Crippen LogP contribution in [0.25, 0.3) is 0 Å². The lowest BCUT2D eigenvalue weighted by atomic mass is 9.79.